The van der Waals surface area contributed by atoms with Crippen molar-refractivity contribution in [3.8, 4) is 0 Å². The van der Waals surface area contributed by atoms with Gasteiger partial charge in [-0.05, 0) is 18.6 Å². The molecule has 1 amide bonds. The molecular formula is C12H15NOS. The Kier molecular flexibility index (Phi) is 3.31. The molecule has 3 heteroatoms. The topological polar surface area (TPSA) is 29.1 Å². The molecule has 0 spiro atoms. The zero-order chi connectivity index (χ0) is 10.7. The summed E-state index contributed by atoms with van der Waals surface area (Å²) in [4.78, 5) is 12.9. The van der Waals surface area contributed by atoms with E-state index in [1.165, 1.54) is 4.90 Å². The van der Waals surface area contributed by atoms with Gasteiger partial charge < -0.3 is 5.32 Å². The van der Waals surface area contributed by atoms with Gasteiger partial charge in [0.2, 0.25) is 5.91 Å². The van der Waals surface area contributed by atoms with Gasteiger partial charge in [-0.2, -0.15) is 0 Å². The van der Waals surface area contributed by atoms with Crippen molar-refractivity contribution in [1.29, 1.82) is 0 Å². The van der Waals surface area contributed by atoms with Crippen LogP contribution in [0.4, 0.5) is 5.69 Å². The average Bonchev–Trinajstić information content (AvgIpc) is 2.26. The predicted molar refractivity (Wildman–Crippen MR) is 64.2 cm³/mol. The van der Waals surface area contributed by atoms with Gasteiger partial charge in [0.15, 0.2) is 0 Å². The van der Waals surface area contributed by atoms with Crippen LogP contribution in [0.25, 0.3) is 0 Å². The number of benzene rings is 1. The maximum Gasteiger partial charge on any atom is 0.237 e. The van der Waals surface area contributed by atoms with Crippen LogP contribution in [0.3, 0.4) is 0 Å². The zero-order valence-corrected chi connectivity index (χ0v) is 9.64. The fourth-order valence-electron chi connectivity index (χ4n) is 1.67. The van der Waals surface area contributed by atoms with E-state index in [4.69, 9.17) is 0 Å². The lowest BCUT2D eigenvalue weighted by molar-refractivity contribution is -0.115. The van der Waals surface area contributed by atoms with Gasteiger partial charge in [0.25, 0.3) is 0 Å². The molecule has 15 heavy (non-hydrogen) atoms. The summed E-state index contributed by atoms with van der Waals surface area (Å²) in [5.41, 5.74) is 0.959. The Balaban J connectivity index is 2.11. The molecule has 1 heterocycles. The van der Waals surface area contributed by atoms with E-state index in [0.717, 1.165) is 24.9 Å². The molecule has 0 saturated heterocycles. The molecule has 1 aliphatic rings. The summed E-state index contributed by atoms with van der Waals surface area (Å²) in [6.45, 7) is 2.15. The van der Waals surface area contributed by atoms with Gasteiger partial charge in [0, 0.05) is 4.90 Å². The third-order valence-corrected chi connectivity index (χ3v) is 3.87. The van der Waals surface area contributed by atoms with Crippen LogP contribution in [0.5, 0.6) is 0 Å². The van der Waals surface area contributed by atoms with Crippen molar-refractivity contribution >= 4 is 23.4 Å². The minimum atomic E-state index is 0.0971. The molecule has 0 aromatic heterocycles. The van der Waals surface area contributed by atoms with Crippen LogP contribution in [0, 0.1) is 0 Å². The first kappa shape index (κ1) is 10.6. The average molecular weight is 221 g/mol. The Morgan fingerprint density at radius 2 is 2.20 bits per heavy atom. The first-order chi connectivity index (χ1) is 7.31. The van der Waals surface area contributed by atoms with Gasteiger partial charge in [-0.15, -0.1) is 11.8 Å². The Morgan fingerprint density at radius 1 is 1.40 bits per heavy atom. The van der Waals surface area contributed by atoms with Crippen LogP contribution in [0.1, 0.15) is 26.2 Å². The maximum atomic E-state index is 11.7. The second kappa shape index (κ2) is 4.71. The van der Waals surface area contributed by atoms with Gasteiger partial charge in [-0.3, -0.25) is 4.79 Å². The molecule has 1 aromatic rings. The lowest BCUT2D eigenvalue weighted by Gasteiger charge is -2.23. The van der Waals surface area contributed by atoms with Crippen molar-refractivity contribution in [2.45, 2.75) is 36.3 Å². The van der Waals surface area contributed by atoms with E-state index in [1.807, 2.05) is 18.2 Å². The monoisotopic (exact) mass is 221 g/mol. The normalized spacial score (nSPS) is 19.5. The van der Waals surface area contributed by atoms with E-state index in [1.54, 1.807) is 11.8 Å². The molecule has 80 valence electrons. The van der Waals surface area contributed by atoms with Crippen molar-refractivity contribution in [3.05, 3.63) is 24.3 Å². The van der Waals surface area contributed by atoms with Crippen LogP contribution in [0.15, 0.2) is 29.2 Å². The highest BCUT2D eigenvalue weighted by atomic mass is 32.2. The van der Waals surface area contributed by atoms with Gasteiger partial charge in [0.05, 0.1) is 10.9 Å². The number of para-hydroxylation sites is 1. The molecule has 2 rings (SSSR count). The molecule has 0 aliphatic carbocycles. The molecule has 0 saturated carbocycles. The van der Waals surface area contributed by atoms with Crippen LogP contribution in [-0.2, 0) is 4.79 Å². The molecule has 0 bridgehead atoms. The smallest absolute Gasteiger partial charge is 0.237 e. The Bertz CT molecular complexity index is 364. The highest BCUT2D eigenvalue weighted by Crippen LogP contribution is 2.37. The first-order valence-corrected chi connectivity index (χ1v) is 6.25. The largest absolute Gasteiger partial charge is 0.324 e. The summed E-state index contributed by atoms with van der Waals surface area (Å²) in [5.74, 6) is 0.159. The quantitative estimate of drug-likeness (QED) is 0.848. The Morgan fingerprint density at radius 3 is 3.00 bits per heavy atom. The van der Waals surface area contributed by atoms with Gasteiger partial charge in [0.1, 0.15) is 0 Å². The lowest BCUT2D eigenvalue weighted by Crippen LogP contribution is -2.28. The zero-order valence-electron chi connectivity index (χ0n) is 8.82. The van der Waals surface area contributed by atoms with Crippen LogP contribution in [-0.4, -0.2) is 11.2 Å². The molecular weight excluding hydrogens is 206 g/mol. The van der Waals surface area contributed by atoms with Gasteiger partial charge in [-0.25, -0.2) is 0 Å². The molecule has 1 N–H and O–H groups in total. The number of hydrogen-bond acceptors (Lipinski definition) is 2. The number of carbonyl (C=O) groups excluding carboxylic acids is 1. The number of nitrogens with one attached hydrogen (secondary N) is 1. The van der Waals surface area contributed by atoms with Crippen molar-refractivity contribution in [2.24, 2.45) is 0 Å². The van der Waals surface area contributed by atoms with E-state index in [9.17, 15) is 4.79 Å². The summed E-state index contributed by atoms with van der Waals surface area (Å²) in [5, 5.41) is 3.06. The van der Waals surface area contributed by atoms with Crippen LogP contribution < -0.4 is 5.32 Å². The molecule has 0 radical (unpaired) electrons. The lowest BCUT2D eigenvalue weighted by atomic mass is 10.2. The van der Waals surface area contributed by atoms with E-state index in [2.05, 4.69) is 18.3 Å². The van der Waals surface area contributed by atoms with E-state index >= 15 is 0 Å². The van der Waals surface area contributed by atoms with Crippen molar-refractivity contribution in [1.82, 2.24) is 0 Å². The second-order valence-corrected chi connectivity index (χ2v) is 4.98. The number of amides is 1. The fourth-order valence-corrected chi connectivity index (χ4v) is 2.83. The molecule has 1 aromatic carbocycles. The third-order valence-electron chi connectivity index (χ3n) is 2.53. The number of carbonyl (C=O) groups is 1. The standard InChI is InChI=1S/C12H15NOS/c1-2-3-7-11-12(14)13-9-6-4-5-8-10(9)15-11/h4-6,8,11H,2-3,7H2,1H3,(H,13,14)/t11-/m1/s1. The van der Waals surface area contributed by atoms with E-state index in [0.29, 0.717) is 0 Å². The summed E-state index contributed by atoms with van der Waals surface area (Å²) in [6, 6.07) is 7.99. The molecule has 2 nitrogen and oxygen atoms in total. The first-order valence-electron chi connectivity index (χ1n) is 5.38. The van der Waals surface area contributed by atoms with Gasteiger partial charge >= 0.3 is 0 Å². The number of thioether (sulfide) groups is 1. The van der Waals surface area contributed by atoms with Gasteiger partial charge in [-0.1, -0.05) is 31.9 Å². The molecule has 1 aliphatic heterocycles. The minimum Gasteiger partial charge on any atom is -0.324 e. The number of fused-ring (bicyclic) bond motifs is 1. The van der Waals surface area contributed by atoms with Crippen molar-refractivity contribution in [3.63, 3.8) is 0 Å². The fraction of sp³-hybridized carbons (Fsp3) is 0.417. The number of anilines is 1. The second-order valence-electron chi connectivity index (χ2n) is 3.73. The van der Waals surface area contributed by atoms with Crippen LogP contribution in [0.2, 0.25) is 0 Å². The van der Waals surface area contributed by atoms with E-state index < -0.39 is 0 Å². The predicted octanol–water partition coefficient (Wildman–Crippen LogP) is 3.29. The van der Waals surface area contributed by atoms with Crippen molar-refractivity contribution in [2.75, 3.05) is 5.32 Å². The Labute approximate surface area is 94.4 Å². The summed E-state index contributed by atoms with van der Waals surface area (Å²) >= 11 is 1.69. The van der Waals surface area contributed by atoms with Crippen molar-refractivity contribution < 1.29 is 4.79 Å². The maximum absolute atomic E-state index is 11.7. The third kappa shape index (κ3) is 2.34. The number of rotatable bonds is 3. The Hall–Kier alpha value is -0.960. The molecule has 1 atom stereocenters. The highest BCUT2D eigenvalue weighted by molar-refractivity contribution is 8.01. The SMILES string of the molecule is CCCC[C@H]1Sc2ccccc2NC1=O. The highest BCUT2D eigenvalue weighted by Gasteiger charge is 2.25. The summed E-state index contributed by atoms with van der Waals surface area (Å²) < 4.78 is 0. The molecule has 0 fully saturated rings. The summed E-state index contributed by atoms with van der Waals surface area (Å²) in [7, 11) is 0. The molecule has 0 unspecified atom stereocenters. The van der Waals surface area contributed by atoms with Crippen LogP contribution >= 0.6 is 11.8 Å². The minimum absolute atomic E-state index is 0.0971. The number of unbranched alkanes of at least 4 members (excludes halogenated alkanes) is 1. The number of hydrogen-bond donors (Lipinski definition) is 1. The summed E-state index contributed by atoms with van der Waals surface area (Å²) in [6.07, 6.45) is 3.24. The van der Waals surface area contributed by atoms with E-state index in [-0.39, 0.29) is 11.2 Å².